The van der Waals surface area contributed by atoms with Gasteiger partial charge in [-0.1, -0.05) is 17.7 Å². The van der Waals surface area contributed by atoms with Crippen LogP contribution in [-0.2, 0) is 32.4 Å². The maximum absolute atomic E-state index is 13.3. The minimum atomic E-state index is -3.87. The number of benzene rings is 1. The fourth-order valence-corrected chi connectivity index (χ4v) is 5.74. The number of fused-ring (bicyclic) bond motifs is 1. The molecular weight excluding hydrogens is 474 g/mol. The molecule has 0 bridgehead atoms. The van der Waals surface area contributed by atoms with Crippen molar-refractivity contribution in [2.45, 2.75) is 31.6 Å². The molecule has 1 aromatic carbocycles. The lowest BCUT2D eigenvalue weighted by Gasteiger charge is -2.12. The van der Waals surface area contributed by atoms with Gasteiger partial charge in [-0.2, -0.15) is 5.26 Å². The van der Waals surface area contributed by atoms with E-state index in [1.165, 1.54) is 22.3 Å². The SMILES string of the molecule is CCOC(=O)Cc1c(C)c(Cc2cccn2S(=O)(=O)c2cccc(Cl)c2)n2cc(C#N)ccc12. The standard InChI is InChI=1S/C25H22ClN3O4S/c1-3-33-25(30)14-22-17(2)24(28-16-18(15-27)9-10-23(22)28)13-20-7-5-11-29(20)34(31,32)21-8-4-6-19(26)12-21/h4-12,16H,3,13-14H2,1-2H3. The smallest absolute Gasteiger partial charge is 0.310 e. The first-order valence-corrected chi connectivity index (χ1v) is 12.4. The van der Waals surface area contributed by atoms with Crippen LogP contribution in [0, 0.1) is 18.3 Å². The number of esters is 1. The van der Waals surface area contributed by atoms with Gasteiger partial charge in [0.1, 0.15) is 6.07 Å². The zero-order valence-corrected chi connectivity index (χ0v) is 20.2. The lowest BCUT2D eigenvalue weighted by Crippen LogP contribution is -2.15. The van der Waals surface area contributed by atoms with Crippen LogP contribution in [0.5, 0.6) is 0 Å². The number of halogens is 1. The van der Waals surface area contributed by atoms with E-state index in [1.54, 1.807) is 49.5 Å². The van der Waals surface area contributed by atoms with Gasteiger partial charge in [0.15, 0.2) is 0 Å². The number of rotatable bonds is 7. The highest BCUT2D eigenvalue weighted by Gasteiger charge is 2.23. The van der Waals surface area contributed by atoms with Crippen LogP contribution in [0.15, 0.2) is 65.8 Å². The van der Waals surface area contributed by atoms with E-state index >= 15 is 0 Å². The Morgan fingerprint density at radius 3 is 2.68 bits per heavy atom. The number of ether oxygens (including phenoxy) is 1. The van der Waals surface area contributed by atoms with Crippen molar-refractivity contribution in [2.75, 3.05) is 6.61 Å². The second kappa shape index (κ2) is 9.37. The number of hydrogen-bond donors (Lipinski definition) is 0. The molecule has 0 saturated heterocycles. The molecule has 0 aliphatic heterocycles. The first kappa shape index (κ1) is 23.6. The van der Waals surface area contributed by atoms with Crippen LogP contribution in [0.3, 0.4) is 0 Å². The van der Waals surface area contributed by atoms with E-state index in [9.17, 15) is 18.5 Å². The third-order valence-electron chi connectivity index (χ3n) is 5.68. The van der Waals surface area contributed by atoms with Crippen molar-refractivity contribution < 1.29 is 17.9 Å². The molecule has 4 aromatic rings. The van der Waals surface area contributed by atoms with Crippen molar-refractivity contribution in [3.05, 3.63) is 94.0 Å². The predicted molar refractivity (Wildman–Crippen MR) is 128 cm³/mol. The summed E-state index contributed by atoms with van der Waals surface area (Å²) < 4.78 is 34.9. The highest BCUT2D eigenvalue weighted by Crippen LogP contribution is 2.28. The molecule has 0 aliphatic carbocycles. The average Bonchev–Trinajstić information content (AvgIpc) is 3.38. The topological polar surface area (TPSA) is 93.6 Å². The largest absolute Gasteiger partial charge is 0.466 e. The molecule has 3 aromatic heterocycles. The van der Waals surface area contributed by atoms with E-state index < -0.39 is 10.0 Å². The third kappa shape index (κ3) is 4.32. The number of hydrogen-bond acceptors (Lipinski definition) is 5. The molecule has 0 radical (unpaired) electrons. The first-order chi connectivity index (χ1) is 16.3. The molecule has 0 aliphatic rings. The van der Waals surface area contributed by atoms with Crippen molar-refractivity contribution in [3.63, 3.8) is 0 Å². The van der Waals surface area contributed by atoms with Crippen LogP contribution < -0.4 is 0 Å². The summed E-state index contributed by atoms with van der Waals surface area (Å²) in [7, 11) is -3.87. The molecule has 34 heavy (non-hydrogen) atoms. The van der Waals surface area contributed by atoms with E-state index in [4.69, 9.17) is 16.3 Å². The van der Waals surface area contributed by atoms with E-state index in [2.05, 4.69) is 6.07 Å². The van der Waals surface area contributed by atoms with Gasteiger partial charge in [0, 0.05) is 40.7 Å². The minimum absolute atomic E-state index is 0.0803. The Kier molecular flexibility index (Phi) is 6.51. The Bertz CT molecular complexity index is 1540. The Labute approximate surface area is 202 Å². The molecule has 0 N–H and O–H groups in total. The Balaban J connectivity index is 1.82. The van der Waals surface area contributed by atoms with Crippen molar-refractivity contribution in [1.82, 2.24) is 8.37 Å². The highest BCUT2D eigenvalue weighted by atomic mass is 35.5. The zero-order valence-electron chi connectivity index (χ0n) is 18.7. The number of nitrogens with zero attached hydrogens (tertiary/aromatic N) is 3. The molecule has 0 fully saturated rings. The molecule has 0 amide bonds. The van der Waals surface area contributed by atoms with Crippen LogP contribution >= 0.6 is 11.6 Å². The summed E-state index contributed by atoms with van der Waals surface area (Å²) >= 11 is 6.02. The monoisotopic (exact) mass is 495 g/mol. The van der Waals surface area contributed by atoms with E-state index in [1.807, 2.05) is 11.3 Å². The molecule has 9 heteroatoms. The molecule has 0 saturated carbocycles. The van der Waals surface area contributed by atoms with Crippen LogP contribution in [0.1, 0.15) is 35.0 Å². The lowest BCUT2D eigenvalue weighted by molar-refractivity contribution is -0.142. The maximum Gasteiger partial charge on any atom is 0.310 e. The average molecular weight is 496 g/mol. The van der Waals surface area contributed by atoms with E-state index in [-0.39, 0.29) is 30.3 Å². The van der Waals surface area contributed by atoms with Crippen LogP contribution in [0.4, 0.5) is 0 Å². The molecule has 0 atom stereocenters. The summed E-state index contributed by atoms with van der Waals surface area (Å²) in [6, 6.07) is 15.1. The van der Waals surface area contributed by atoms with Gasteiger partial charge < -0.3 is 9.14 Å². The molecular formula is C25H22ClN3O4S. The Morgan fingerprint density at radius 2 is 1.97 bits per heavy atom. The summed E-state index contributed by atoms with van der Waals surface area (Å²) in [4.78, 5) is 12.3. The van der Waals surface area contributed by atoms with Crippen LogP contribution in [-0.4, -0.2) is 29.4 Å². The summed E-state index contributed by atoms with van der Waals surface area (Å²) in [6.07, 6.45) is 3.54. The fraction of sp³-hybridized carbons (Fsp3) is 0.200. The normalized spacial score (nSPS) is 11.5. The van der Waals surface area contributed by atoms with Gasteiger partial charge in [-0.25, -0.2) is 12.4 Å². The van der Waals surface area contributed by atoms with Crippen molar-refractivity contribution >= 4 is 33.1 Å². The molecule has 4 rings (SSSR count). The summed E-state index contributed by atoms with van der Waals surface area (Å²) in [5.41, 5.74) is 4.17. The number of pyridine rings is 1. The maximum atomic E-state index is 13.3. The molecule has 174 valence electrons. The van der Waals surface area contributed by atoms with Gasteiger partial charge in [-0.05, 0) is 67.4 Å². The van der Waals surface area contributed by atoms with Gasteiger partial charge >= 0.3 is 5.97 Å². The number of nitriles is 1. The number of aromatic nitrogens is 2. The molecule has 3 heterocycles. The summed E-state index contributed by atoms with van der Waals surface area (Å²) in [5, 5.41) is 9.73. The molecule has 0 unspecified atom stereocenters. The van der Waals surface area contributed by atoms with E-state index in [0.717, 1.165) is 22.3 Å². The number of carbonyl (C=O) groups excluding carboxylic acids is 1. The van der Waals surface area contributed by atoms with Crippen molar-refractivity contribution in [1.29, 1.82) is 5.26 Å². The summed E-state index contributed by atoms with van der Waals surface area (Å²) in [5.74, 6) is -0.346. The second-order valence-corrected chi connectivity index (χ2v) is 10.0. The van der Waals surface area contributed by atoms with Crippen molar-refractivity contribution in [3.8, 4) is 6.07 Å². The fourth-order valence-electron chi connectivity index (χ4n) is 4.07. The van der Waals surface area contributed by atoms with Gasteiger partial charge in [-0.3, -0.25) is 4.79 Å². The van der Waals surface area contributed by atoms with Gasteiger partial charge in [0.25, 0.3) is 10.0 Å². The third-order valence-corrected chi connectivity index (χ3v) is 7.64. The Hall–Kier alpha value is -3.54. The molecule has 7 nitrogen and oxygen atoms in total. The van der Waals surface area contributed by atoms with Crippen molar-refractivity contribution in [2.24, 2.45) is 0 Å². The second-order valence-electron chi connectivity index (χ2n) is 7.75. The lowest BCUT2D eigenvalue weighted by atomic mass is 10.1. The van der Waals surface area contributed by atoms with Gasteiger partial charge in [0.2, 0.25) is 0 Å². The Morgan fingerprint density at radius 1 is 1.18 bits per heavy atom. The van der Waals surface area contributed by atoms with E-state index in [0.29, 0.717) is 16.3 Å². The van der Waals surface area contributed by atoms with Crippen LogP contribution in [0.25, 0.3) is 5.52 Å². The highest BCUT2D eigenvalue weighted by molar-refractivity contribution is 7.90. The zero-order chi connectivity index (χ0) is 24.5. The summed E-state index contributed by atoms with van der Waals surface area (Å²) in [6.45, 7) is 3.92. The molecule has 0 spiro atoms. The first-order valence-electron chi connectivity index (χ1n) is 10.6. The van der Waals surface area contributed by atoms with Crippen LogP contribution in [0.2, 0.25) is 5.02 Å². The quantitative estimate of drug-likeness (QED) is 0.352. The number of carbonyl (C=O) groups is 1. The van der Waals surface area contributed by atoms with Gasteiger partial charge in [-0.15, -0.1) is 0 Å². The van der Waals surface area contributed by atoms with Gasteiger partial charge in [0.05, 0.1) is 23.5 Å². The minimum Gasteiger partial charge on any atom is -0.466 e. The predicted octanol–water partition coefficient (Wildman–Crippen LogP) is 4.51.